The number of hydrogen-bond acceptors (Lipinski definition) is 1. The first-order valence-electron chi connectivity index (χ1n) is 11.1. The summed E-state index contributed by atoms with van der Waals surface area (Å²) in [5.41, 5.74) is 0. The van der Waals surface area contributed by atoms with Crippen LogP contribution in [0.3, 0.4) is 0 Å². The standard InChI is InChI=1S/C27H37OPSi/c1-27(2,3)30(4,5)28-22-15-23-29(24-16-9-6-10-17-24,25-18-11-7-12-19-25)26-20-13-8-14-21-26/h6-14,16-21,29H,15,22-23H2,1-5H3. The molecule has 0 amide bonds. The van der Waals surface area contributed by atoms with Crippen LogP contribution in [0.5, 0.6) is 0 Å². The van der Waals surface area contributed by atoms with E-state index in [9.17, 15) is 0 Å². The third-order valence-corrected chi connectivity index (χ3v) is 16.4. The van der Waals surface area contributed by atoms with Gasteiger partial charge in [0.1, 0.15) is 0 Å². The molecule has 3 aromatic carbocycles. The Bertz CT molecular complexity index is 805. The van der Waals surface area contributed by atoms with Gasteiger partial charge in [-0.05, 0) is 0 Å². The van der Waals surface area contributed by atoms with E-state index < -0.39 is 15.6 Å². The molecule has 0 aliphatic carbocycles. The van der Waals surface area contributed by atoms with Crippen LogP contribution in [0.4, 0.5) is 0 Å². The maximum atomic E-state index is 6.56. The van der Waals surface area contributed by atoms with Gasteiger partial charge in [-0.3, -0.25) is 0 Å². The number of rotatable bonds is 8. The molecule has 3 rings (SSSR count). The SMILES string of the molecule is CC(C)(C)[Si](C)(C)OCCC[PH](c1ccccc1)(c1ccccc1)c1ccccc1. The first kappa shape index (κ1) is 22.9. The van der Waals surface area contributed by atoms with Crippen LogP contribution in [-0.2, 0) is 4.43 Å². The van der Waals surface area contributed by atoms with E-state index in [-0.39, 0.29) is 5.04 Å². The molecule has 0 atom stereocenters. The molecule has 0 heterocycles. The first-order valence-corrected chi connectivity index (χ1v) is 16.2. The Morgan fingerprint density at radius 3 is 1.37 bits per heavy atom. The second-order valence-electron chi connectivity index (χ2n) is 9.72. The van der Waals surface area contributed by atoms with E-state index in [0.717, 1.165) is 19.2 Å². The summed E-state index contributed by atoms with van der Waals surface area (Å²) in [5.74, 6) is 0. The van der Waals surface area contributed by atoms with E-state index in [1.165, 1.54) is 15.9 Å². The molecular weight excluding hydrogens is 399 g/mol. The maximum absolute atomic E-state index is 6.56. The summed E-state index contributed by atoms with van der Waals surface area (Å²) >= 11 is 0. The zero-order valence-electron chi connectivity index (χ0n) is 19.2. The van der Waals surface area contributed by atoms with E-state index in [4.69, 9.17) is 4.43 Å². The minimum atomic E-state index is -2.13. The van der Waals surface area contributed by atoms with Crippen LogP contribution in [0.15, 0.2) is 91.0 Å². The van der Waals surface area contributed by atoms with E-state index in [0.29, 0.717) is 0 Å². The predicted octanol–water partition coefficient (Wildman–Crippen LogP) is 6.12. The molecule has 0 fully saturated rings. The Labute approximate surface area is 185 Å². The van der Waals surface area contributed by atoms with Crippen molar-refractivity contribution in [1.29, 1.82) is 0 Å². The van der Waals surface area contributed by atoms with Gasteiger partial charge < -0.3 is 0 Å². The molecule has 0 radical (unpaired) electrons. The molecule has 0 unspecified atom stereocenters. The van der Waals surface area contributed by atoms with Crippen molar-refractivity contribution in [3.05, 3.63) is 91.0 Å². The van der Waals surface area contributed by atoms with Crippen LogP contribution in [-0.4, -0.2) is 21.1 Å². The Morgan fingerprint density at radius 2 is 1.03 bits per heavy atom. The summed E-state index contributed by atoms with van der Waals surface area (Å²) in [4.78, 5) is 0. The fraction of sp³-hybridized carbons (Fsp3) is 0.333. The molecule has 160 valence electrons. The van der Waals surface area contributed by atoms with Crippen molar-refractivity contribution >= 4 is 31.5 Å². The van der Waals surface area contributed by atoms with Gasteiger partial charge in [-0.15, -0.1) is 0 Å². The second-order valence-corrected chi connectivity index (χ2v) is 18.6. The van der Waals surface area contributed by atoms with Crippen molar-refractivity contribution < 1.29 is 4.43 Å². The van der Waals surface area contributed by atoms with Crippen LogP contribution in [0.2, 0.25) is 18.1 Å². The van der Waals surface area contributed by atoms with Crippen molar-refractivity contribution in [3.63, 3.8) is 0 Å². The Hall–Kier alpha value is -1.73. The second kappa shape index (κ2) is 9.60. The monoisotopic (exact) mass is 436 g/mol. The molecule has 0 spiro atoms. The average Bonchev–Trinajstić information content (AvgIpc) is 2.75. The van der Waals surface area contributed by atoms with Crippen molar-refractivity contribution in [2.45, 2.75) is 45.3 Å². The van der Waals surface area contributed by atoms with E-state index in [2.05, 4.69) is 125 Å². The van der Waals surface area contributed by atoms with Gasteiger partial charge in [0.15, 0.2) is 0 Å². The average molecular weight is 437 g/mol. The Balaban J connectivity index is 1.98. The van der Waals surface area contributed by atoms with Crippen LogP contribution >= 0.6 is 7.26 Å². The fourth-order valence-electron chi connectivity index (χ4n) is 3.98. The summed E-state index contributed by atoms with van der Waals surface area (Å²) in [5, 5.41) is 4.69. The van der Waals surface area contributed by atoms with Gasteiger partial charge in [0.05, 0.1) is 0 Å². The third-order valence-electron chi connectivity index (χ3n) is 6.76. The quantitative estimate of drug-likeness (QED) is 0.235. The van der Waals surface area contributed by atoms with Gasteiger partial charge in [-0.25, -0.2) is 0 Å². The molecule has 30 heavy (non-hydrogen) atoms. The van der Waals surface area contributed by atoms with Crippen LogP contribution in [0.1, 0.15) is 27.2 Å². The van der Waals surface area contributed by atoms with Crippen molar-refractivity contribution in [3.8, 4) is 0 Å². The summed E-state index contributed by atoms with van der Waals surface area (Å²) in [6.07, 6.45) is 2.23. The summed E-state index contributed by atoms with van der Waals surface area (Å²) in [7, 11) is -3.85. The van der Waals surface area contributed by atoms with Crippen LogP contribution < -0.4 is 15.9 Å². The van der Waals surface area contributed by atoms with Gasteiger partial charge in [0.2, 0.25) is 0 Å². The number of hydrogen-bond donors (Lipinski definition) is 0. The molecule has 0 saturated heterocycles. The van der Waals surface area contributed by atoms with Gasteiger partial charge in [0, 0.05) is 0 Å². The van der Waals surface area contributed by atoms with Crippen LogP contribution in [0, 0.1) is 0 Å². The van der Waals surface area contributed by atoms with Gasteiger partial charge in [-0.1, -0.05) is 0 Å². The Morgan fingerprint density at radius 1 is 0.667 bits per heavy atom. The van der Waals surface area contributed by atoms with E-state index in [1.54, 1.807) is 0 Å². The van der Waals surface area contributed by atoms with E-state index in [1.807, 2.05) is 0 Å². The molecule has 1 nitrogen and oxygen atoms in total. The fourth-order valence-corrected chi connectivity index (χ4v) is 9.89. The zero-order valence-corrected chi connectivity index (χ0v) is 21.2. The molecule has 3 heteroatoms. The molecule has 0 N–H and O–H groups in total. The van der Waals surface area contributed by atoms with Crippen molar-refractivity contribution in [1.82, 2.24) is 0 Å². The van der Waals surface area contributed by atoms with Crippen molar-refractivity contribution in [2.24, 2.45) is 0 Å². The van der Waals surface area contributed by atoms with Gasteiger partial charge in [-0.2, -0.15) is 0 Å². The molecule has 0 aromatic heterocycles. The van der Waals surface area contributed by atoms with Gasteiger partial charge >= 0.3 is 185 Å². The van der Waals surface area contributed by atoms with Gasteiger partial charge in [0.25, 0.3) is 0 Å². The Kier molecular flexibility index (Phi) is 7.34. The van der Waals surface area contributed by atoms with Crippen LogP contribution in [0.25, 0.3) is 0 Å². The molecule has 0 aliphatic rings. The molecule has 0 bridgehead atoms. The summed E-state index contributed by atoms with van der Waals surface area (Å²) in [6.45, 7) is 12.5. The molecule has 0 aliphatic heterocycles. The van der Waals surface area contributed by atoms with E-state index >= 15 is 0 Å². The summed E-state index contributed by atoms with van der Waals surface area (Å²) < 4.78 is 6.56. The number of benzene rings is 3. The predicted molar refractivity (Wildman–Crippen MR) is 139 cm³/mol. The topological polar surface area (TPSA) is 9.23 Å². The van der Waals surface area contributed by atoms with Crippen molar-refractivity contribution in [2.75, 3.05) is 12.8 Å². The first-order chi connectivity index (χ1) is 14.3. The minimum absolute atomic E-state index is 0.250. The normalized spacial score (nSPS) is 13.2. The third kappa shape index (κ3) is 4.94. The molecular formula is C27H37OPSi. The molecule has 3 aromatic rings. The summed E-state index contributed by atoms with van der Waals surface area (Å²) in [6, 6.07) is 33.5. The molecule has 0 saturated carbocycles. The zero-order chi connectivity index (χ0) is 21.7.